The highest BCUT2D eigenvalue weighted by atomic mass is 16.5. The van der Waals surface area contributed by atoms with Crippen LogP contribution in [0.1, 0.15) is 25.2 Å². The second kappa shape index (κ2) is 6.62. The molecule has 0 amide bonds. The van der Waals surface area contributed by atoms with Crippen molar-refractivity contribution in [1.29, 1.82) is 0 Å². The van der Waals surface area contributed by atoms with E-state index >= 15 is 0 Å². The monoisotopic (exact) mass is 289 g/mol. The summed E-state index contributed by atoms with van der Waals surface area (Å²) < 4.78 is 10.3. The molecule has 2 aromatic rings. The summed E-state index contributed by atoms with van der Waals surface area (Å²) >= 11 is 0. The van der Waals surface area contributed by atoms with Gasteiger partial charge in [-0.25, -0.2) is 0 Å². The number of hydrogen-bond acceptors (Lipinski definition) is 7. The quantitative estimate of drug-likeness (QED) is 0.891. The Bertz CT molecular complexity index is 563. The Labute approximate surface area is 123 Å². The van der Waals surface area contributed by atoms with Crippen LogP contribution < -0.4 is 10.1 Å². The average molecular weight is 289 g/mol. The Kier molecular flexibility index (Phi) is 4.40. The Morgan fingerprint density at radius 2 is 2.33 bits per heavy atom. The number of ether oxygens (including phenoxy) is 1. The summed E-state index contributed by atoms with van der Waals surface area (Å²) in [6, 6.07) is 3.50. The van der Waals surface area contributed by atoms with E-state index in [-0.39, 0.29) is 0 Å². The van der Waals surface area contributed by atoms with Gasteiger partial charge in [-0.15, -0.1) is 10.2 Å². The summed E-state index contributed by atoms with van der Waals surface area (Å²) in [6.45, 7) is 2.22. The summed E-state index contributed by atoms with van der Waals surface area (Å²) in [5, 5.41) is 15.3. The lowest BCUT2D eigenvalue weighted by molar-refractivity contribution is 0.327. The third-order valence-corrected chi connectivity index (χ3v) is 3.71. The molecular formula is C14H19N5O2. The van der Waals surface area contributed by atoms with Gasteiger partial charge in [0.25, 0.3) is 0 Å². The van der Waals surface area contributed by atoms with E-state index in [0.29, 0.717) is 29.2 Å². The van der Waals surface area contributed by atoms with E-state index in [9.17, 15) is 0 Å². The SMILES string of the molecule is COc1ccc(-c2noc(CCC3CCCNC3)n2)nn1. The van der Waals surface area contributed by atoms with E-state index in [4.69, 9.17) is 9.26 Å². The molecule has 1 unspecified atom stereocenters. The van der Waals surface area contributed by atoms with Gasteiger partial charge < -0.3 is 14.6 Å². The van der Waals surface area contributed by atoms with Crippen molar-refractivity contribution in [3.05, 3.63) is 18.0 Å². The predicted octanol–water partition coefficient (Wildman–Crippen LogP) is 1.47. The van der Waals surface area contributed by atoms with Crippen LogP contribution in [-0.2, 0) is 6.42 Å². The van der Waals surface area contributed by atoms with E-state index in [0.717, 1.165) is 25.9 Å². The Morgan fingerprint density at radius 1 is 1.38 bits per heavy atom. The van der Waals surface area contributed by atoms with Gasteiger partial charge >= 0.3 is 0 Å². The number of aryl methyl sites for hydroxylation is 1. The molecule has 21 heavy (non-hydrogen) atoms. The summed E-state index contributed by atoms with van der Waals surface area (Å²) in [4.78, 5) is 4.38. The van der Waals surface area contributed by atoms with Crippen LogP contribution in [-0.4, -0.2) is 40.5 Å². The lowest BCUT2D eigenvalue weighted by Crippen LogP contribution is -2.29. The van der Waals surface area contributed by atoms with Crippen molar-refractivity contribution in [3.63, 3.8) is 0 Å². The van der Waals surface area contributed by atoms with Crippen LogP contribution in [0.3, 0.4) is 0 Å². The molecule has 7 nitrogen and oxygen atoms in total. The van der Waals surface area contributed by atoms with Crippen LogP contribution in [0, 0.1) is 5.92 Å². The lowest BCUT2D eigenvalue weighted by Gasteiger charge is -2.21. The van der Waals surface area contributed by atoms with Crippen LogP contribution in [0.2, 0.25) is 0 Å². The molecule has 0 bridgehead atoms. The molecule has 1 atom stereocenters. The number of aromatic nitrogens is 4. The van der Waals surface area contributed by atoms with E-state index < -0.39 is 0 Å². The van der Waals surface area contributed by atoms with E-state index in [2.05, 4.69) is 25.7 Å². The normalized spacial score (nSPS) is 18.6. The molecule has 1 saturated heterocycles. The molecule has 0 saturated carbocycles. The van der Waals surface area contributed by atoms with Gasteiger partial charge in [-0.1, -0.05) is 5.16 Å². The molecule has 1 aliphatic rings. The number of hydrogen-bond donors (Lipinski definition) is 1. The fraction of sp³-hybridized carbons (Fsp3) is 0.571. The summed E-state index contributed by atoms with van der Waals surface area (Å²) in [6.07, 6.45) is 4.41. The molecule has 1 N–H and O–H groups in total. The van der Waals surface area contributed by atoms with Crippen LogP contribution in [0.25, 0.3) is 11.5 Å². The number of nitrogens with zero attached hydrogens (tertiary/aromatic N) is 4. The highest BCUT2D eigenvalue weighted by Gasteiger charge is 2.16. The van der Waals surface area contributed by atoms with E-state index in [1.807, 2.05) is 0 Å². The van der Waals surface area contributed by atoms with Gasteiger partial charge in [0.1, 0.15) is 5.69 Å². The smallest absolute Gasteiger partial charge is 0.233 e. The Hall–Kier alpha value is -2.02. The second-order valence-corrected chi connectivity index (χ2v) is 5.22. The zero-order chi connectivity index (χ0) is 14.5. The zero-order valence-electron chi connectivity index (χ0n) is 12.1. The number of rotatable bonds is 5. The topological polar surface area (TPSA) is 86.0 Å². The van der Waals surface area contributed by atoms with Gasteiger partial charge in [0.05, 0.1) is 7.11 Å². The maximum atomic E-state index is 5.29. The molecule has 112 valence electrons. The minimum absolute atomic E-state index is 0.465. The first-order chi connectivity index (χ1) is 10.3. The van der Waals surface area contributed by atoms with E-state index in [1.165, 1.54) is 12.8 Å². The van der Waals surface area contributed by atoms with Gasteiger partial charge in [-0.2, -0.15) is 4.98 Å². The molecule has 2 aromatic heterocycles. The summed E-state index contributed by atoms with van der Waals surface area (Å²) in [5.41, 5.74) is 0.588. The first kappa shape index (κ1) is 13.9. The van der Waals surface area contributed by atoms with Crippen LogP contribution in [0.4, 0.5) is 0 Å². The molecule has 1 aliphatic heterocycles. The molecule has 7 heteroatoms. The number of piperidine rings is 1. The van der Waals surface area contributed by atoms with E-state index in [1.54, 1.807) is 19.2 Å². The molecule has 3 rings (SSSR count). The third-order valence-electron chi connectivity index (χ3n) is 3.71. The predicted molar refractivity (Wildman–Crippen MR) is 75.8 cm³/mol. The third kappa shape index (κ3) is 3.55. The largest absolute Gasteiger partial charge is 0.480 e. The maximum Gasteiger partial charge on any atom is 0.233 e. The van der Waals surface area contributed by atoms with Gasteiger partial charge in [0, 0.05) is 12.5 Å². The molecule has 1 fully saturated rings. The van der Waals surface area contributed by atoms with Gasteiger partial charge in [0.15, 0.2) is 0 Å². The second-order valence-electron chi connectivity index (χ2n) is 5.22. The first-order valence-electron chi connectivity index (χ1n) is 7.26. The van der Waals surface area contributed by atoms with Crippen LogP contribution in [0.5, 0.6) is 5.88 Å². The Balaban J connectivity index is 1.59. The van der Waals surface area contributed by atoms with Crippen molar-refractivity contribution in [2.45, 2.75) is 25.7 Å². The highest BCUT2D eigenvalue weighted by molar-refractivity contribution is 5.47. The Morgan fingerprint density at radius 3 is 3.05 bits per heavy atom. The molecule has 0 aromatic carbocycles. The standard InChI is InChI=1S/C14H19N5O2/c1-20-13-7-5-11(17-18-13)14-16-12(21-19-14)6-4-10-3-2-8-15-9-10/h5,7,10,15H,2-4,6,8-9H2,1H3. The van der Waals surface area contributed by atoms with Crippen molar-refractivity contribution in [2.75, 3.05) is 20.2 Å². The van der Waals surface area contributed by atoms with Crippen molar-refractivity contribution >= 4 is 0 Å². The first-order valence-corrected chi connectivity index (χ1v) is 7.26. The van der Waals surface area contributed by atoms with Crippen LogP contribution >= 0.6 is 0 Å². The molecule has 0 spiro atoms. The molecule has 3 heterocycles. The van der Waals surface area contributed by atoms with Crippen LogP contribution in [0.15, 0.2) is 16.7 Å². The molecule has 0 radical (unpaired) electrons. The summed E-state index contributed by atoms with van der Waals surface area (Å²) in [5.74, 6) is 2.30. The maximum absolute atomic E-state index is 5.29. The van der Waals surface area contributed by atoms with Gasteiger partial charge in [-0.3, -0.25) is 0 Å². The van der Waals surface area contributed by atoms with Gasteiger partial charge in [0.2, 0.25) is 17.6 Å². The van der Waals surface area contributed by atoms with Crippen molar-refractivity contribution in [3.8, 4) is 17.4 Å². The minimum Gasteiger partial charge on any atom is -0.480 e. The zero-order valence-corrected chi connectivity index (χ0v) is 12.1. The minimum atomic E-state index is 0.465. The fourth-order valence-corrected chi connectivity index (χ4v) is 2.51. The highest BCUT2D eigenvalue weighted by Crippen LogP contribution is 2.18. The molecular weight excluding hydrogens is 270 g/mol. The van der Waals surface area contributed by atoms with Gasteiger partial charge in [-0.05, 0) is 44.3 Å². The fourth-order valence-electron chi connectivity index (χ4n) is 2.51. The molecule has 0 aliphatic carbocycles. The summed E-state index contributed by atoms with van der Waals surface area (Å²) in [7, 11) is 1.55. The van der Waals surface area contributed by atoms with Crippen molar-refractivity contribution < 1.29 is 9.26 Å². The average Bonchev–Trinajstić information content (AvgIpc) is 3.03. The lowest BCUT2D eigenvalue weighted by atomic mass is 9.95. The van der Waals surface area contributed by atoms with Crippen molar-refractivity contribution in [2.24, 2.45) is 5.92 Å². The van der Waals surface area contributed by atoms with Crippen molar-refractivity contribution in [1.82, 2.24) is 25.7 Å². The number of methoxy groups -OCH3 is 1. The number of nitrogens with one attached hydrogen (secondary N) is 1.